The van der Waals surface area contributed by atoms with Crippen LogP contribution in [0, 0.1) is 5.92 Å². The summed E-state index contributed by atoms with van der Waals surface area (Å²) in [5, 5.41) is 9.12. The third-order valence-corrected chi connectivity index (χ3v) is 3.65. The van der Waals surface area contributed by atoms with E-state index in [0.29, 0.717) is 18.7 Å². The van der Waals surface area contributed by atoms with Crippen molar-refractivity contribution in [2.75, 3.05) is 33.3 Å². The van der Waals surface area contributed by atoms with Gasteiger partial charge in [-0.1, -0.05) is 13.8 Å². The summed E-state index contributed by atoms with van der Waals surface area (Å²) in [4.78, 5) is 5.00. The fourth-order valence-corrected chi connectivity index (χ4v) is 2.53. The van der Waals surface area contributed by atoms with E-state index in [1.165, 1.54) is 13.0 Å². The number of rotatable bonds is 4. The van der Waals surface area contributed by atoms with Crippen LogP contribution in [-0.2, 0) is 0 Å². The van der Waals surface area contributed by atoms with Gasteiger partial charge in [-0.2, -0.15) is 0 Å². The van der Waals surface area contributed by atoms with Crippen molar-refractivity contribution in [3.8, 4) is 0 Å². The van der Waals surface area contributed by atoms with Crippen LogP contribution in [0.1, 0.15) is 33.6 Å². The molecule has 1 aliphatic heterocycles. The predicted molar refractivity (Wildman–Crippen MR) is 68.6 cm³/mol. The van der Waals surface area contributed by atoms with Gasteiger partial charge in [-0.3, -0.25) is 4.90 Å². The molecule has 1 N–H and O–H groups in total. The number of hydrogen-bond donors (Lipinski definition) is 1. The maximum Gasteiger partial charge on any atom is 0.0446 e. The van der Waals surface area contributed by atoms with Gasteiger partial charge in [0.05, 0.1) is 0 Å². The molecule has 0 radical (unpaired) electrons. The Kier molecular flexibility index (Phi) is 5.73. The van der Waals surface area contributed by atoms with E-state index in [4.69, 9.17) is 5.11 Å². The van der Waals surface area contributed by atoms with Crippen molar-refractivity contribution in [1.29, 1.82) is 0 Å². The average Bonchev–Trinajstić information content (AvgIpc) is 2.33. The van der Waals surface area contributed by atoms with Crippen LogP contribution < -0.4 is 0 Å². The van der Waals surface area contributed by atoms with Gasteiger partial charge in [-0.05, 0) is 39.3 Å². The van der Waals surface area contributed by atoms with Crippen molar-refractivity contribution in [2.45, 2.75) is 45.7 Å². The van der Waals surface area contributed by atoms with E-state index in [0.717, 1.165) is 25.4 Å². The lowest BCUT2D eigenvalue weighted by atomic mass is 10.1. The van der Waals surface area contributed by atoms with Crippen molar-refractivity contribution in [3.05, 3.63) is 0 Å². The second kappa shape index (κ2) is 6.58. The van der Waals surface area contributed by atoms with Crippen molar-refractivity contribution < 1.29 is 5.11 Å². The third kappa shape index (κ3) is 4.04. The molecule has 1 aliphatic rings. The topological polar surface area (TPSA) is 26.7 Å². The molecule has 0 amide bonds. The maximum absolute atomic E-state index is 9.12. The summed E-state index contributed by atoms with van der Waals surface area (Å²) in [6, 6.07) is 1.20. The van der Waals surface area contributed by atoms with Gasteiger partial charge in [0.25, 0.3) is 0 Å². The molecule has 0 spiro atoms. The highest BCUT2D eigenvalue weighted by Gasteiger charge is 2.26. The minimum absolute atomic E-state index is 0.304. The van der Waals surface area contributed by atoms with Gasteiger partial charge in [-0.15, -0.1) is 0 Å². The Morgan fingerprint density at radius 1 is 1.38 bits per heavy atom. The largest absolute Gasteiger partial charge is 0.396 e. The SMILES string of the molecule is CC(C)CN1CC(CCO)N(C)CCC1C. The van der Waals surface area contributed by atoms with Crippen molar-refractivity contribution in [1.82, 2.24) is 9.80 Å². The summed E-state index contributed by atoms with van der Waals surface area (Å²) >= 11 is 0. The molecule has 0 saturated carbocycles. The zero-order valence-corrected chi connectivity index (χ0v) is 11.3. The smallest absolute Gasteiger partial charge is 0.0446 e. The summed E-state index contributed by atoms with van der Waals surface area (Å²) < 4.78 is 0. The van der Waals surface area contributed by atoms with Gasteiger partial charge < -0.3 is 10.0 Å². The van der Waals surface area contributed by atoms with Crippen molar-refractivity contribution >= 4 is 0 Å². The Balaban J connectivity index is 2.60. The molecule has 1 heterocycles. The number of likely N-dealkylation sites (N-methyl/N-ethyl adjacent to an activating group) is 1. The van der Waals surface area contributed by atoms with Crippen molar-refractivity contribution in [2.24, 2.45) is 5.92 Å². The van der Waals surface area contributed by atoms with E-state index >= 15 is 0 Å². The minimum atomic E-state index is 0.304. The molecule has 0 aromatic carbocycles. The first-order valence-electron chi connectivity index (χ1n) is 6.59. The first kappa shape index (κ1) is 13.9. The molecule has 2 atom stereocenters. The molecular formula is C13H28N2O. The second-order valence-corrected chi connectivity index (χ2v) is 5.63. The van der Waals surface area contributed by atoms with Crippen LogP contribution in [0.25, 0.3) is 0 Å². The lowest BCUT2D eigenvalue weighted by Gasteiger charge is -2.31. The molecule has 16 heavy (non-hydrogen) atoms. The second-order valence-electron chi connectivity index (χ2n) is 5.63. The van der Waals surface area contributed by atoms with Crippen LogP contribution in [0.2, 0.25) is 0 Å². The standard InChI is InChI=1S/C13H28N2O/c1-11(2)9-15-10-13(6-8-16)14(4)7-5-12(15)3/h11-13,16H,5-10H2,1-4H3. The molecule has 1 fully saturated rings. The Bertz CT molecular complexity index is 196. The summed E-state index contributed by atoms with van der Waals surface area (Å²) in [7, 11) is 2.19. The predicted octanol–water partition coefficient (Wildman–Crippen LogP) is 1.42. The Hall–Kier alpha value is -0.120. The van der Waals surface area contributed by atoms with Crippen LogP contribution >= 0.6 is 0 Å². The van der Waals surface area contributed by atoms with E-state index in [-0.39, 0.29) is 0 Å². The van der Waals surface area contributed by atoms with Crippen molar-refractivity contribution in [3.63, 3.8) is 0 Å². The van der Waals surface area contributed by atoms with Gasteiger partial charge in [0.1, 0.15) is 0 Å². The number of hydrogen-bond acceptors (Lipinski definition) is 3. The highest BCUT2D eigenvalue weighted by atomic mass is 16.3. The molecule has 0 bridgehead atoms. The summed E-state index contributed by atoms with van der Waals surface area (Å²) in [6.07, 6.45) is 2.14. The average molecular weight is 228 g/mol. The number of aliphatic hydroxyl groups excluding tert-OH is 1. The van der Waals surface area contributed by atoms with E-state index in [2.05, 4.69) is 37.6 Å². The summed E-state index contributed by atoms with van der Waals surface area (Å²) in [5.41, 5.74) is 0. The molecule has 96 valence electrons. The zero-order chi connectivity index (χ0) is 12.1. The van der Waals surface area contributed by atoms with Crippen LogP contribution in [0.15, 0.2) is 0 Å². The molecule has 3 nitrogen and oxygen atoms in total. The Morgan fingerprint density at radius 3 is 2.62 bits per heavy atom. The fourth-order valence-electron chi connectivity index (χ4n) is 2.53. The van der Waals surface area contributed by atoms with Gasteiger partial charge in [0.2, 0.25) is 0 Å². The summed E-state index contributed by atoms with van der Waals surface area (Å²) in [5.74, 6) is 0.723. The van der Waals surface area contributed by atoms with Gasteiger partial charge in [-0.25, -0.2) is 0 Å². The Labute approximate surface area is 100 Å². The molecule has 1 saturated heterocycles. The van der Waals surface area contributed by atoms with Gasteiger partial charge >= 0.3 is 0 Å². The van der Waals surface area contributed by atoms with E-state index in [1.807, 2.05) is 0 Å². The lowest BCUT2D eigenvalue weighted by molar-refractivity contribution is 0.143. The highest BCUT2D eigenvalue weighted by molar-refractivity contribution is 4.82. The zero-order valence-electron chi connectivity index (χ0n) is 11.3. The monoisotopic (exact) mass is 228 g/mol. The molecular weight excluding hydrogens is 200 g/mol. The molecule has 0 aromatic rings. The van der Waals surface area contributed by atoms with E-state index in [9.17, 15) is 0 Å². The first-order valence-corrected chi connectivity index (χ1v) is 6.59. The molecule has 2 unspecified atom stereocenters. The minimum Gasteiger partial charge on any atom is -0.396 e. The maximum atomic E-state index is 9.12. The molecule has 0 aromatic heterocycles. The molecule has 1 rings (SSSR count). The van der Waals surface area contributed by atoms with Crippen LogP contribution in [0.4, 0.5) is 0 Å². The third-order valence-electron chi connectivity index (χ3n) is 3.65. The molecule has 0 aliphatic carbocycles. The Morgan fingerprint density at radius 2 is 2.06 bits per heavy atom. The van der Waals surface area contributed by atoms with Gasteiger partial charge in [0.15, 0.2) is 0 Å². The fraction of sp³-hybridized carbons (Fsp3) is 1.00. The first-order chi connectivity index (χ1) is 7.54. The lowest BCUT2D eigenvalue weighted by Crippen LogP contribution is -2.42. The summed E-state index contributed by atoms with van der Waals surface area (Å²) in [6.45, 7) is 10.6. The quantitative estimate of drug-likeness (QED) is 0.788. The van der Waals surface area contributed by atoms with Crippen LogP contribution in [0.5, 0.6) is 0 Å². The van der Waals surface area contributed by atoms with E-state index in [1.54, 1.807) is 0 Å². The van der Waals surface area contributed by atoms with Gasteiger partial charge in [0, 0.05) is 31.8 Å². The van der Waals surface area contributed by atoms with E-state index < -0.39 is 0 Å². The normalized spacial score (nSPS) is 29.6. The molecule has 3 heteroatoms. The van der Waals surface area contributed by atoms with Crippen LogP contribution in [0.3, 0.4) is 0 Å². The van der Waals surface area contributed by atoms with Crippen LogP contribution in [-0.4, -0.2) is 60.3 Å². The number of aliphatic hydroxyl groups is 1. The number of nitrogens with zero attached hydrogens (tertiary/aromatic N) is 2. The highest BCUT2D eigenvalue weighted by Crippen LogP contribution is 2.17.